The van der Waals surface area contributed by atoms with Gasteiger partial charge in [-0.2, -0.15) is 4.31 Å². The lowest BCUT2D eigenvalue weighted by Gasteiger charge is -2.28. The highest BCUT2D eigenvalue weighted by Crippen LogP contribution is 2.19. The molecule has 2 aromatic carbocycles. The Hall–Kier alpha value is -2.36. The van der Waals surface area contributed by atoms with Gasteiger partial charge < -0.3 is 5.32 Å². The number of hydrogen-bond acceptors (Lipinski definition) is 4. The van der Waals surface area contributed by atoms with Crippen LogP contribution in [0.4, 0.5) is 8.78 Å². The van der Waals surface area contributed by atoms with E-state index in [4.69, 9.17) is 0 Å². The minimum atomic E-state index is -3.72. The van der Waals surface area contributed by atoms with Crippen molar-refractivity contribution in [3.8, 4) is 0 Å². The van der Waals surface area contributed by atoms with Crippen LogP contribution in [0.25, 0.3) is 0 Å². The number of benzene rings is 2. The molecule has 3 rings (SSSR count). The molecule has 0 aliphatic carbocycles. The molecule has 1 aliphatic rings. The molecule has 0 radical (unpaired) electrons. The van der Waals surface area contributed by atoms with Gasteiger partial charge in [-0.05, 0) is 62.2 Å². The molecule has 0 spiro atoms. The highest BCUT2D eigenvalue weighted by atomic mass is 32.2. The zero-order valence-corrected chi connectivity index (χ0v) is 18.4. The molecule has 2 atom stereocenters. The van der Waals surface area contributed by atoms with E-state index in [0.29, 0.717) is 26.1 Å². The summed E-state index contributed by atoms with van der Waals surface area (Å²) in [5.41, 5.74) is 0.800. The van der Waals surface area contributed by atoms with Crippen LogP contribution in [0.15, 0.2) is 53.4 Å². The minimum Gasteiger partial charge on any atom is -0.348 e. The number of carbonyl (C=O) groups excluding carboxylic acids is 1. The molecule has 0 saturated carbocycles. The third-order valence-electron chi connectivity index (χ3n) is 5.60. The van der Waals surface area contributed by atoms with Gasteiger partial charge in [0.05, 0.1) is 17.0 Å². The van der Waals surface area contributed by atoms with Gasteiger partial charge in [-0.25, -0.2) is 17.2 Å². The Morgan fingerprint density at radius 2 is 1.48 bits per heavy atom. The molecular formula is C22H27F2N3O3S. The van der Waals surface area contributed by atoms with E-state index >= 15 is 0 Å². The van der Waals surface area contributed by atoms with Crippen molar-refractivity contribution in [2.24, 2.45) is 0 Å². The van der Waals surface area contributed by atoms with Crippen LogP contribution in [-0.2, 0) is 14.8 Å². The van der Waals surface area contributed by atoms with E-state index in [1.165, 1.54) is 28.6 Å². The molecule has 1 saturated heterocycles. The van der Waals surface area contributed by atoms with E-state index in [-0.39, 0.29) is 29.2 Å². The van der Waals surface area contributed by atoms with Gasteiger partial charge in [0.25, 0.3) is 0 Å². The molecule has 0 bridgehead atoms. The number of rotatable bonds is 6. The van der Waals surface area contributed by atoms with Crippen molar-refractivity contribution < 1.29 is 22.0 Å². The maximum atomic E-state index is 13.1. The Kier molecular flexibility index (Phi) is 7.40. The van der Waals surface area contributed by atoms with E-state index in [2.05, 4.69) is 5.32 Å². The van der Waals surface area contributed by atoms with Crippen LogP contribution in [0.3, 0.4) is 0 Å². The third kappa shape index (κ3) is 5.66. The first-order valence-electron chi connectivity index (χ1n) is 10.2. The molecule has 1 amide bonds. The molecule has 1 heterocycles. The van der Waals surface area contributed by atoms with E-state index < -0.39 is 21.9 Å². The highest BCUT2D eigenvalue weighted by molar-refractivity contribution is 7.89. The quantitative estimate of drug-likeness (QED) is 0.733. The van der Waals surface area contributed by atoms with E-state index in [1.807, 2.05) is 11.8 Å². The Morgan fingerprint density at radius 3 is 2.10 bits per heavy atom. The molecule has 2 unspecified atom stereocenters. The van der Waals surface area contributed by atoms with Crippen LogP contribution < -0.4 is 5.32 Å². The second-order valence-corrected chi connectivity index (χ2v) is 9.64. The van der Waals surface area contributed by atoms with E-state index in [1.54, 1.807) is 19.1 Å². The van der Waals surface area contributed by atoms with Crippen molar-refractivity contribution in [2.45, 2.75) is 37.2 Å². The zero-order valence-electron chi connectivity index (χ0n) is 17.6. The first kappa shape index (κ1) is 23.3. The Bertz CT molecular complexity index is 998. The molecule has 31 heavy (non-hydrogen) atoms. The summed E-state index contributed by atoms with van der Waals surface area (Å²) in [6.07, 6.45) is 0.575. The molecule has 2 aromatic rings. The molecule has 1 N–H and O–H groups in total. The van der Waals surface area contributed by atoms with Gasteiger partial charge in [-0.3, -0.25) is 9.69 Å². The maximum absolute atomic E-state index is 13.1. The SMILES string of the molecule is CC(NC(=O)C(C)N1CCCN(S(=O)(=O)c2ccc(F)cc2)CC1)c1ccc(F)cc1. The summed E-state index contributed by atoms with van der Waals surface area (Å²) in [6.45, 7) is 5.17. The van der Waals surface area contributed by atoms with Gasteiger partial charge in [0.15, 0.2) is 0 Å². The van der Waals surface area contributed by atoms with Crippen LogP contribution in [0, 0.1) is 11.6 Å². The predicted molar refractivity (Wildman–Crippen MR) is 114 cm³/mol. The number of halogens is 2. The molecule has 1 aliphatic heterocycles. The maximum Gasteiger partial charge on any atom is 0.243 e. The molecule has 9 heteroatoms. The van der Waals surface area contributed by atoms with Crippen LogP contribution in [0.2, 0.25) is 0 Å². The number of nitrogens with one attached hydrogen (secondary N) is 1. The Morgan fingerprint density at radius 1 is 0.903 bits per heavy atom. The van der Waals surface area contributed by atoms with Crippen molar-refractivity contribution in [1.29, 1.82) is 0 Å². The van der Waals surface area contributed by atoms with Crippen LogP contribution in [-0.4, -0.2) is 55.8 Å². The smallest absolute Gasteiger partial charge is 0.243 e. The normalized spacial score (nSPS) is 18.2. The first-order chi connectivity index (χ1) is 14.7. The number of carbonyl (C=O) groups is 1. The van der Waals surface area contributed by atoms with Crippen molar-refractivity contribution in [3.63, 3.8) is 0 Å². The fourth-order valence-electron chi connectivity index (χ4n) is 3.63. The van der Waals surface area contributed by atoms with E-state index in [0.717, 1.165) is 17.7 Å². The Labute approximate surface area is 181 Å². The van der Waals surface area contributed by atoms with Crippen molar-refractivity contribution >= 4 is 15.9 Å². The fourth-order valence-corrected chi connectivity index (χ4v) is 5.10. The van der Waals surface area contributed by atoms with Gasteiger partial charge in [-0.15, -0.1) is 0 Å². The summed E-state index contributed by atoms with van der Waals surface area (Å²) < 4.78 is 53.4. The summed E-state index contributed by atoms with van der Waals surface area (Å²) in [6, 6.07) is 10.0. The summed E-state index contributed by atoms with van der Waals surface area (Å²) in [5, 5.41) is 2.94. The van der Waals surface area contributed by atoms with Crippen LogP contribution in [0.5, 0.6) is 0 Å². The third-order valence-corrected chi connectivity index (χ3v) is 7.51. The zero-order chi connectivity index (χ0) is 22.6. The molecule has 6 nitrogen and oxygen atoms in total. The molecule has 168 valence electrons. The van der Waals surface area contributed by atoms with Gasteiger partial charge >= 0.3 is 0 Å². The summed E-state index contributed by atoms with van der Waals surface area (Å²) in [7, 11) is -3.72. The van der Waals surface area contributed by atoms with Gasteiger partial charge in [-0.1, -0.05) is 12.1 Å². The van der Waals surface area contributed by atoms with Crippen LogP contribution >= 0.6 is 0 Å². The second-order valence-electron chi connectivity index (χ2n) is 7.71. The van der Waals surface area contributed by atoms with Gasteiger partial charge in [0.2, 0.25) is 15.9 Å². The lowest BCUT2D eigenvalue weighted by Crippen LogP contribution is -2.47. The monoisotopic (exact) mass is 451 g/mol. The van der Waals surface area contributed by atoms with Gasteiger partial charge in [0.1, 0.15) is 11.6 Å². The summed E-state index contributed by atoms with van der Waals surface area (Å²) in [4.78, 5) is 14.8. The predicted octanol–water partition coefficient (Wildman–Crippen LogP) is 2.93. The largest absolute Gasteiger partial charge is 0.348 e. The summed E-state index contributed by atoms with van der Waals surface area (Å²) >= 11 is 0. The Balaban J connectivity index is 1.61. The molecular weight excluding hydrogens is 424 g/mol. The average Bonchev–Trinajstić information content (AvgIpc) is 3.00. The van der Waals surface area contributed by atoms with Gasteiger partial charge in [0, 0.05) is 26.2 Å². The molecule has 1 fully saturated rings. The van der Waals surface area contributed by atoms with Crippen molar-refractivity contribution in [1.82, 2.24) is 14.5 Å². The van der Waals surface area contributed by atoms with E-state index in [9.17, 15) is 22.0 Å². The number of sulfonamides is 1. The molecule has 0 aromatic heterocycles. The average molecular weight is 452 g/mol. The second kappa shape index (κ2) is 9.84. The van der Waals surface area contributed by atoms with Crippen molar-refractivity contribution in [2.75, 3.05) is 26.2 Å². The number of amides is 1. The van der Waals surface area contributed by atoms with Crippen LogP contribution in [0.1, 0.15) is 31.9 Å². The lowest BCUT2D eigenvalue weighted by molar-refractivity contribution is -0.126. The summed E-state index contributed by atoms with van der Waals surface area (Å²) in [5.74, 6) is -0.997. The standard InChI is InChI=1S/C22H27F2N3O3S/c1-16(18-4-6-19(23)7-5-18)25-22(28)17(2)26-12-3-13-27(15-14-26)31(29,30)21-10-8-20(24)9-11-21/h4-11,16-17H,3,12-15H2,1-2H3,(H,25,28). The van der Waals surface area contributed by atoms with Crippen molar-refractivity contribution in [3.05, 3.63) is 65.7 Å². The first-order valence-corrected chi connectivity index (χ1v) is 11.7. The lowest BCUT2D eigenvalue weighted by atomic mass is 10.1. The minimum absolute atomic E-state index is 0.0567. The number of hydrogen-bond donors (Lipinski definition) is 1. The highest BCUT2D eigenvalue weighted by Gasteiger charge is 2.30. The fraction of sp³-hybridized carbons (Fsp3) is 0.409. The number of nitrogens with zero attached hydrogens (tertiary/aromatic N) is 2. The topological polar surface area (TPSA) is 69.7 Å².